The van der Waals surface area contributed by atoms with Crippen LogP contribution in [-0.2, 0) is 0 Å². The number of aromatic hydroxyl groups is 1. The molecule has 5 heterocycles. The van der Waals surface area contributed by atoms with Crippen molar-refractivity contribution in [3.05, 3.63) is 53.1 Å². The van der Waals surface area contributed by atoms with Gasteiger partial charge in [0.15, 0.2) is 5.82 Å². The van der Waals surface area contributed by atoms with Crippen molar-refractivity contribution >= 4 is 27.5 Å². The number of aromatic nitrogens is 2. The van der Waals surface area contributed by atoms with Gasteiger partial charge in [0.2, 0.25) is 0 Å². The van der Waals surface area contributed by atoms with Crippen LogP contribution in [0.1, 0.15) is 43.2 Å². The van der Waals surface area contributed by atoms with Crippen LogP contribution in [0.15, 0.2) is 30.3 Å². The topological polar surface area (TPSA) is 97.5 Å². The van der Waals surface area contributed by atoms with E-state index in [1.54, 1.807) is 6.07 Å². The number of phenols is 1. The van der Waals surface area contributed by atoms with Crippen molar-refractivity contribution in [2.45, 2.75) is 55.9 Å². The zero-order chi connectivity index (χ0) is 31.7. The number of piperazine rings is 1. The number of halogens is 3. The SMILES string of the molecule is C#Cc1c(F)ccc2cc(O)cc(-c3c(C#N)cc4c(N5C[C@H]6CC[C@@H](C5)N6)nc(OC[C@@]56CCCN5C[C@H](F)C6)nc4c3F)c12. The largest absolute Gasteiger partial charge is 0.508 e. The van der Waals surface area contributed by atoms with Crippen LogP contribution in [0.2, 0.25) is 0 Å². The molecule has 4 aliphatic heterocycles. The van der Waals surface area contributed by atoms with Gasteiger partial charge in [-0.25, -0.2) is 13.2 Å². The molecule has 4 aliphatic rings. The van der Waals surface area contributed by atoms with Crippen molar-refractivity contribution in [1.82, 2.24) is 20.2 Å². The van der Waals surface area contributed by atoms with Crippen molar-refractivity contribution in [3.8, 4) is 41.3 Å². The molecular weight excluding hydrogens is 593 g/mol. The van der Waals surface area contributed by atoms with E-state index >= 15 is 4.39 Å². The Morgan fingerprint density at radius 2 is 1.93 bits per heavy atom. The first-order chi connectivity index (χ1) is 22.3. The summed E-state index contributed by atoms with van der Waals surface area (Å²) in [7, 11) is 0. The number of benzene rings is 3. The van der Waals surface area contributed by atoms with E-state index in [1.165, 1.54) is 24.3 Å². The maximum absolute atomic E-state index is 17.1. The van der Waals surface area contributed by atoms with Crippen molar-refractivity contribution in [2.75, 3.05) is 37.7 Å². The molecule has 2 N–H and O–H groups in total. The fraction of sp³-hybridized carbons (Fsp3) is 0.400. The minimum atomic E-state index is -0.937. The van der Waals surface area contributed by atoms with E-state index in [2.05, 4.69) is 32.1 Å². The molecule has 8 nitrogen and oxygen atoms in total. The normalized spacial score (nSPS) is 25.6. The molecule has 4 saturated heterocycles. The summed E-state index contributed by atoms with van der Waals surface area (Å²) in [6.07, 6.45) is 8.87. The van der Waals surface area contributed by atoms with Crippen LogP contribution in [0.25, 0.3) is 32.8 Å². The number of nitrogens with one attached hydrogen (secondary N) is 1. The van der Waals surface area contributed by atoms with Gasteiger partial charge >= 0.3 is 6.01 Å². The van der Waals surface area contributed by atoms with Crippen LogP contribution in [0.4, 0.5) is 19.0 Å². The van der Waals surface area contributed by atoms with Crippen molar-refractivity contribution in [2.24, 2.45) is 0 Å². The first kappa shape index (κ1) is 28.9. The number of ether oxygens (including phenoxy) is 1. The van der Waals surface area contributed by atoms with E-state index < -0.39 is 23.3 Å². The highest BCUT2D eigenvalue weighted by atomic mass is 19.1. The second-order valence-corrected chi connectivity index (χ2v) is 13.0. The Bertz CT molecular complexity index is 2000. The zero-order valence-corrected chi connectivity index (χ0v) is 25.0. The summed E-state index contributed by atoms with van der Waals surface area (Å²) in [4.78, 5) is 13.6. The molecule has 1 aromatic heterocycles. The van der Waals surface area contributed by atoms with Gasteiger partial charge in [0.05, 0.1) is 22.7 Å². The van der Waals surface area contributed by atoms with Gasteiger partial charge in [-0.05, 0) is 67.4 Å². The molecule has 4 aromatic rings. The van der Waals surface area contributed by atoms with Crippen molar-refractivity contribution in [3.63, 3.8) is 0 Å². The van der Waals surface area contributed by atoms with Gasteiger partial charge in [-0.1, -0.05) is 12.0 Å². The number of hydrogen-bond acceptors (Lipinski definition) is 8. The molecule has 0 radical (unpaired) electrons. The van der Waals surface area contributed by atoms with Gasteiger partial charge in [0, 0.05) is 54.5 Å². The lowest BCUT2D eigenvalue weighted by atomic mass is 9.90. The number of terminal acetylenes is 1. The van der Waals surface area contributed by atoms with Crippen LogP contribution in [0.3, 0.4) is 0 Å². The highest BCUT2D eigenvalue weighted by Crippen LogP contribution is 2.43. The smallest absolute Gasteiger partial charge is 0.319 e. The lowest BCUT2D eigenvalue weighted by Gasteiger charge is -2.34. The molecule has 0 amide bonds. The van der Waals surface area contributed by atoms with Crippen LogP contribution in [0.5, 0.6) is 11.8 Å². The zero-order valence-electron chi connectivity index (χ0n) is 25.0. The molecule has 0 aliphatic carbocycles. The molecule has 0 spiro atoms. The number of nitrogens with zero attached hydrogens (tertiary/aromatic N) is 5. The summed E-state index contributed by atoms with van der Waals surface area (Å²) >= 11 is 0. The molecule has 46 heavy (non-hydrogen) atoms. The highest BCUT2D eigenvalue weighted by Gasteiger charge is 2.49. The standard InChI is InChI=1S/C35H31F3N6O2/c1-2-25-28(37)7-4-19-10-24(45)12-26(29(19)25)30-20(14-39)11-27-32(31(30)38)41-34(42-33(27)43-16-22-5-6-23(17-43)40-22)46-18-35-8-3-9-44(35)15-21(36)13-35/h1,4,7,10-12,21-23,40,45H,3,5-6,8-9,13,15-18H2/t21-,22-,23+,35+/m1/s1. The molecule has 2 bridgehead atoms. The molecule has 3 aromatic carbocycles. The summed E-state index contributed by atoms with van der Waals surface area (Å²) in [5.74, 6) is 1.08. The summed E-state index contributed by atoms with van der Waals surface area (Å²) in [5, 5.41) is 25.5. The molecule has 0 unspecified atom stereocenters. The molecule has 4 atom stereocenters. The summed E-state index contributed by atoms with van der Waals surface area (Å²) < 4.78 is 52.7. The highest BCUT2D eigenvalue weighted by molar-refractivity contribution is 6.05. The van der Waals surface area contributed by atoms with E-state index in [0.29, 0.717) is 42.6 Å². The fourth-order valence-electron chi connectivity index (χ4n) is 8.23. The molecule has 4 fully saturated rings. The molecule has 234 valence electrons. The predicted molar refractivity (Wildman–Crippen MR) is 167 cm³/mol. The van der Waals surface area contributed by atoms with E-state index in [4.69, 9.17) is 16.1 Å². The van der Waals surface area contributed by atoms with Crippen LogP contribution < -0.4 is 15.0 Å². The van der Waals surface area contributed by atoms with Gasteiger partial charge in [0.25, 0.3) is 0 Å². The lowest BCUT2D eigenvalue weighted by Crippen LogP contribution is -2.51. The number of fused-ring (bicyclic) bond motifs is 5. The maximum Gasteiger partial charge on any atom is 0.319 e. The van der Waals surface area contributed by atoms with E-state index in [9.17, 15) is 19.1 Å². The molecular formula is C35H31F3N6O2. The van der Waals surface area contributed by atoms with Gasteiger partial charge in [-0.2, -0.15) is 15.2 Å². The van der Waals surface area contributed by atoms with Gasteiger partial charge in [-0.3, -0.25) is 4.90 Å². The third-order valence-corrected chi connectivity index (χ3v) is 10.2. The number of phenolic OH excluding ortho intramolecular Hbond substituents is 1. The average molecular weight is 625 g/mol. The van der Waals surface area contributed by atoms with E-state index in [-0.39, 0.29) is 63.6 Å². The average Bonchev–Trinajstić information content (AvgIpc) is 3.69. The summed E-state index contributed by atoms with van der Waals surface area (Å²) in [5.41, 5.74) is -0.780. The van der Waals surface area contributed by atoms with Crippen molar-refractivity contribution < 1.29 is 23.0 Å². The number of hydrogen-bond donors (Lipinski definition) is 2. The first-order valence-electron chi connectivity index (χ1n) is 15.7. The second-order valence-electron chi connectivity index (χ2n) is 13.0. The summed E-state index contributed by atoms with van der Waals surface area (Å²) in [6.45, 7) is 2.60. The fourth-order valence-corrected chi connectivity index (χ4v) is 8.23. The minimum Gasteiger partial charge on any atom is -0.508 e. The Hall–Kier alpha value is -4.58. The van der Waals surface area contributed by atoms with Gasteiger partial charge in [0.1, 0.15) is 35.7 Å². The monoisotopic (exact) mass is 624 g/mol. The van der Waals surface area contributed by atoms with Gasteiger partial charge in [-0.15, -0.1) is 6.42 Å². The third-order valence-electron chi connectivity index (χ3n) is 10.2. The minimum absolute atomic E-state index is 0.0393. The summed E-state index contributed by atoms with van der Waals surface area (Å²) in [6, 6.07) is 9.42. The third kappa shape index (κ3) is 4.52. The quantitative estimate of drug-likeness (QED) is 0.293. The van der Waals surface area contributed by atoms with Crippen LogP contribution in [0, 0.1) is 35.3 Å². The Balaban J connectivity index is 1.33. The maximum atomic E-state index is 17.1. The van der Waals surface area contributed by atoms with Gasteiger partial charge < -0.3 is 20.1 Å². The Morgan fingerprint density at radius 1 is 1.13 bits per heavy atom. The Morgan fingerprint density at radius 3 is 2.70 bits per heavy atom. The van der Waals surface area contributed by atoms with Crippen LogP contribution >= 0.6 is 0 Å². The van der Waals surface area contributed by atoms with Crippen LogP contribution in [-0.4, -0.2) is 76.6 Å². The van der Waals surface area contributed by atoms with Crippen molar-refractivity contribution in [1.29, 1.82) is 5.26 Å². The number of rotatable bonds is 5. The second kappa shape index (κ2) is 10.8. The number of anilines is 1. The molecule has 11 heteroatoms. The van der Waals surface area contributed by atoms with E-state index in [0.717, 1.165) is 32.2 Å². The number of alkyl halides is 1. The molecule has 0 saturated carbocycles. The molecule has 8 rings (SSSR count). The predicted octanol–water partition coefficient (Wildman–Crippen LogP) is 5.18. The van der Waals surface area contributed by atoms with E-state index in [1.807, 2.05) is 0 Å². The number of nitriles is 1. The Kier molecular flexibility index (Phi) is 6.75. The first-order valence-corrected chi connectivity index (χ1v) is 15.7. The lowest BCUT2D eigenvalue weighted by molar-refractivity contribution is 0.107. The Labute approximate surface area is 263 Å².